The molecule has 94 valence electrons. The molecule has 0 unspecified atom stereocenters. The molecule has 0 aliphatic carbocycles. The molecule has 6 heteroatoms. The van der Waals surface area contributed by atoms with Gasteiger partial charge in [0.1, 0.15) is 0 Å². The second-order valence-electron chi connectivity index (χ2n) is 3.44. The van der Waals surface area contributed by atoms with Gasteiger partial charge in [0.15, 0.2) is 0 Å². The minimum atomic E-state index is 0.996. The summed E-state index contributed by atoms with van der Waals surface area (Å²) >= 11 is 21.6. The molecule has 2 aromatic rings. The fraction of sp³-hybridized carbons (Fsp3) is 0. The Morgan fingerprint density at radius 3 is 1.44 bits per heavy atom. The number of hydrogen-bond donors (Lipinski definition) is 0. The SMILES string of the molecule is Brc1cc(Br)c(Br)c(-c2c(Br)cccc2Br)c1Br. The number of halogens is 6. The van der Waals surface area contributed by atoms with Crippen LogP contribution in [0.15, 0.2) is 51.1 Å². The van der Waals surface area contributed by atoms with Gasteiger partial charge in [-0.1, -0.05) is 37.9 Å². The Labute approximate surface area is 156 Å². The molecule has 2 rings (SSSR count). The van der Waals surface area contributed by atoms with Crippen molar-refractivity contribution >= 4 is 95.6 Å². The first-order valence-electron chi connectivity index (χ1n) is 4.71. The highest BCUT2D eigenvalue weighted by atomic mass is 79.9. The van der Waals surface area contributed by atoms with Crippen molar-refractivity contribution in [2.45, 2.75) is 0 Å². The molecule has 0 heterocycles. The van der Waals surface area contributed by atoms with Crippen LogP contribution in [-0.4, -0.2) is 0 Å². The highest BCUT2D eigenvalue weighted by Gasteiger charge is 2.18. The van der Waals surface area contributed by atoms with Gasteiger partial charge < -0.3 is 0 Å². The molecule has 0 spiro atoms. The lowest BCUT2D eigenvalue weighted by Gasteiger charge is -2.14. The molecule has 0 aromatic heterocycles. The van der Waals surface area contributed by atoms with Crippen LogP contribution in [0.4, 0.5) is 0 Å². The van der Waals surface area contributed by atoms with E-state index >= 15 is 0 Å². The van der Waals surface area contributed by atoms with E-state index in [9.17, 15) is 0 Å². The molecule has 0 amide bonds. The summed E-state index contributed by atoms with van der Waals surface area (Å²) in [4.78, 5) is 0. The van der Waals surface area contributed by atoms with Crippen LogP contribution >= 0.6 is 95.6 Å². The molecule has 0 aliphatic heterocycles. The van der Waals surface area contributed by atoms with E-state index in [4.69, 9.17) is 0 Å². The van der Waals surface area contributed by atoms with Crippen LogP contribution in [-0.2, 0) is 0 Å². The number of hydrogen-bond acceptors (Lipinski definition) is 0. The summed E-state index contributed by atoms with van der Waals surface area (Å²) in [6, 6.07) is 8.04. The topological polar surface area (TPSA) is 0 Å². The van der Waals surface area contributed by atoms with E-state index in [-0.39, 0.29) is 0 Å². The fourth-order valence-electron chi connectivity index (χ4n) is 1.53. The van der Waals surface area contributed by atoms with Crippen molar-refractivity contribution < 1.29 is 0 Å². The van der Waals surface area contributed by atoms with Gasteiger partial charge in [-0.2, -0.15) is 0 Å². The first-order valence-corrected chi connectivity index (χ1v) is 9.46. The Balaban J connectivity index is 2.87. The van der Waals surface area contributed by atoms with Gasteiger partial charge in [-0.3, -0.25) is 0 Å². The highest BCUT2D eigenvalue weighted by Crippen LogP contribution is 2.47. The molecule has 0 atom stereocenters. The molecular formula is C12H4Br6. The predicted octanol–water partition coefficient (Wildman–Crippen LogP) is 7.93. The third-order valence-corrected chi connectivity index (χ3v) is 7.61. The molecule has 0 N–H and O–H groups in total. The normalized spacial score (nSPS) is 10.8. The van der Waals surface area contributed by atoms with Crippen LogP contribution in [0.3, 0.4) is 0 Å². The molecule has 0 nitrogen and oxygen atoms in total. The highest BCUT2D eigenvalue weighted by molar-refractivity contribution is 9.14. The van der Waals surface area contributed by atoms with Crippen LogP contribution in [0.2, 0.25) is 0 Å². The summed E-state index contributed by atoms with van der Waals surface area (Å²) in [5.74, 6) is 0. The van der Waals surface area contributed by atoms with Crippen molar-refractivity contribution in [1.82, 2.24) is 0 Å². The van der Waals surface area contributed by atoms with Gasteiger partial charge in [0.2, 0.25) is 0 Å². The van der Waals surface area contributed by atoms with Crippen molar-refractivity contribution in [3.63, 3.8) is 0 Å². The summed E-state index contributed by atoms with van der Waals surface area (Å²) in [6.07, 6.45) is 0. The van der Waals surface area contributed by atoms with E-state index in [0.717, 1.165) is 38.0 Å². The molecule has 0 fully saturated rings. The first kappa shape index (κ1) is 15.7. The van der Waals surface area contributed by atoms with E-state index in [0.29, 0.717) is 0 Å². The minimum absolute atomic E-state index is 0.996. The third kappa shape index (κ3) is 2.98. The molecular weight excluding hydrogens is 624 g/mol. The quantitative estimate of drug-likeness (QED) is 0.282. The summed E-state index contributed by atoms with van der Waals surface area (Å²) in [7, 11) is 0. The van der Waals surface area contributed by atoms with E-state index in [1.54, 1.807) is 0 Å². The zero-order valence-corrected chi connectivity index (χ0v) is 18.1. The summed E-state index contributed by atoms with van der Waals surface area (Å²) in [6.45, 7) is 0. The average Bonchev–Trinajstić information content (AvgIpc) is 2.30. The van der Waals surface area contributed by atoms with Crippen molar-refractivity contribution in [3.8, 4) is 11.1 Å². The standard InChI is InChI=1S/C12H4Br6/c13-5-2-1-3-6(14)9(5)10-11(17)7(15)4-8(16)12(10)18/h1-4H. The summed E-state index contributed by atoms with van der Waals surface area (Å²) in [5, 5.41) is 0. The van der Waals surface area contributed by atoms with Gasteiger partial charge >= 0.3 is 0 Å². The maximum atomic E-state index is 3.63. The van der Waals surface area contributed by atoms with Crippen LogP contribution in [0.1, 0.15) is 0 Å². The second kappa shape index (κ2) is 6.39. The summed E-state index contributed by atoms with van der Waals surface area (Å²) < 4.78 is 6.06. The predicted molar refractivity (Wildman–Crippen MR) is 98.1 cm³/mol. The second-order valence-corrected chi connectivity index (χ2v) is 8.44. The van der Waals surface area contributed by atoms with Gasteiger partial charge in [-0.25, -0.2) is 0 Å². The molecule has 2 aromatic carbocycles. The smallest absolute Gasteiger partial charge is 0.0408 e. The maximum absolute atomic E-state index is 3.63. The lowest BCUT2D eigenvalue weighted by Crippen LogP contribution is -1.88. The number of benzene rings is 2. The maximum Gasteiger partial charge on any atom is 0.0408 e. The van der Waals surface area contributed by atoms with Crippen LogP contribution in [0.25, 0.3) is 11.1 Å². The van der Waals surface area contributed by atoms with Crippen LogP contribution in [0.5, 0.6) is 0 Å². The van der Waals surface area contributed by atoms with Gasteiger partial charge in [-0.05, 0) is 81.9 Å². The molecule has 0 bridgehead atoms. The van der Waals surface area contributed by atoms with Crippen LogP contribution < -0.4 is 0 Å². The third-order valence-electron chi connectivity index (χ3n) is 2.32. The lowest BCUT2D eigenvalue weighted by molar-refractivity contribution is 1.46. The van der Waals surface area contributed by atoms with Crippen molar-refractivity contribution in [3.05, 3.63) is 51.1 Å². The Hall–Kier alpha value is 1.32. The van der Waals surface area contributed by atoms with E-state index in [1.807, 2.05) is 24.3 Å². The average molecular weight is 628 g/mol. The molecule has 0 saturated carbocycles. The Bertz CT molecular complexity index is 574. The first-order chi connectivity index (χ1) is 8.43. The number of rotatable bonds is 1. The molecule has 0 radical (unpaired) electrons. The van der Waals surface area contributed by atoms with E-state index in [2.05, 4.69) is 95.6 Å². The van der Waals surface area contributed by atoms with Crippen LogP contribution in [0, 0.1) is 0 Å². The Kier molecular flexibility index (Phi) is 5.58. The molecule has 0 saturated heterocycles. The van der Waals surface area contributed by atoms with Gasteiger partial charge in [0.25, 0.3) is 0 Å². The van der Waals surface area contributed by atoms with Crippen molar-refractivity contribution in [2.24, 2.45) is 0 Å². The lowest BCUT2D eigenvalue weighted by atomic mass is 10.1. The summed E-state index contributed by atoms with van der Waals surface area (Å²) in [5.41, 5.74) is 2.17. The van der Waals surface area contributed by atoms with Crippen molar-refractivity contribution in [2.75, 3.05) is 0 Å². The zero-order valence-electron chi connectivity index (χ0n) is 8.58. The Morgan fingerprint density at radius 1 is 0.556 bits per heavy atom. The minimum Gasteiger partial charge on any atom is -0.0600 e. The van der Waals surface area contributed by atoms with Gasteiger partial charge in [0, 0.05) is 38.0 Å². The zero-order chi connectivity index (χ0) is 13.4. The van der Waals surface area contributed by atoms with Gasteiger partial charge in [0.05, 0.1) is 0 Å². The van der Waals surface area contributed by atoms with Crippen molar-refractivity contribution in [1.29, 1.82) is 0 Å². The monoisotopic (exact) mass is 622 g/mol. The molecule has 18 heavy (non-hydrogen) atoms. The molecule has 0 aliphatic rings. The van der Waals surface area contributed by atoms with E-state index in [1.165, 1.54) is 0 Å². The van der Waals surface area contributed by atoms with Gasteiger partial charge in [-0.15, -0.1) is 0 Å². The largest absolute Gasteiger partial charge is 0.0600 e. The van der Waals surface area contributed by atoms with E-state index < -0.39 is 0 Å². The fourth-order valence-corrected chi connectivity index (χ4v) is 5.37. The Morgan fingerprint density at radius 2 is 1.00 bits per heavy atom.